The fourth-order valence-electron chi connectivity index (χ4n) is 1.90. The lowest BCUT2D eigenvalue weighted by Crippen LogP contribution is -2.23. The van der Waals surface area contributed by atoms with Crippen molar-refractivity contribution >= 4 is 17.7 Å². The van der Waals surface area contributed by atoms with E-state index >= 15 is 0 Å². The molecular formula is C14H23N3O2S. The van der Waals surface area contributed by atoms with Gasteiger partial charge in [0.05, 0.1) is 5.75 Å². The summed E-state index contributed by atoms with van der Waals surface area (Å²) in [4.78, 5) is 10.7. The van der Waals surface area contributed by atoms with Crippen LogP contribution in [0.4, 0.5) is 0 Å². The van der Waals surface area contributed by atoms with E-state index in [1.54, 1.807) is 0 Å². The van der Waals surface area contributed by atoms with Gasteiger partial charge in [-0.05, 0) is 24.2 Å². The predicted molar refractivity (Wildman–Crippen MR) is 79.0 cm³/mol. The van der Waals surface area contributed by atoms with E-state index in [-0.39, 0.29) is 11.2 Å². The number of hydrogen-bond acceptors (Lipinski definition) is 4. The molecule has 2 rings (SSSR count). The molecule has 1 fully saturated rings. The summed E-state index contributed by atoms with van der Waals surface area (Å²) < 4.78 is 2.14. The monoisotopic (exact) mass is 297 g/mol. The Hall–Kier alpha value is -1.04. The van der Waals surface area contributed by atoms with Gasteiger partial charge in [0.2, 0.25) is 0 Å². The Bertz CT molecular complexity index is 489. The number of thioether (sulfide) groups is 1. The third-order valence-corrected chi connectivity index (χ3v) is 4.90. The fourth-order valence-corrected chi connectivity index (χ4v) is 2.57. The molecule has 6 heteroatoms. The van der Waals surface area contributed by atoms with Gasteiger partial charge < -0.3 is 9.67 Å². The molecule has 112 valence electrons. The molecule has 1 aromatic rings. The molecule has 0 aliphatic heterocycles. The summed E-state index contributed by atoms with van der Waals surface area (Å²) in [6.45, 7) is 9.75. The number of aliphatic carboxylic acids is 1. The minimum atomic E-state index is -0.818. The van der Waals surface area contributed by atoms with Crippen LogP contribution in [0, 0.1) is 11.3 Å². The van der Waals surface area contributed by atoms with Gasteiger partial charge in [-0.3, -0.25) is 4.79 Å². The van der Waals surface area contributed by atoms with Crippen molar-refractivity contribution in [2.45, 2.75) is 58.2 Å². The first-order valence-corrected chi connectivity index (χ1v) is 8.05. The third-order valence-electron chi connectivity index (χ3n) is 3.95. The SMILES string of the molecule is CC(Cn1c(SCC(=O)O)nnc1C1CC1)C(C)(C)C. The van der Waals surface area contributed by atoms with Crippen molar-refractivity contribution in [1.82, 2.24) is 14.8 Å². The van der Waals surface area contributed by atoms with Gasteiger partial charge in [-0.1, -0.05) is 39.5 Å². The predicted octanol–water partition coefficient (Wildman–Crippen LogP) is 3.01. The number of carbonyl (C=O) groups is 1. The largest absolute Gasteiger partial charge is 0.481 e. The number of aromatic nitrogens is 3. The number of hydrogen-bond donors (Lipinski definition) is 1. The van der Waals surface area contributed by atoms with Crippen LogP contribution in [0.2, 0.25) is 0 Å². The molecule has 1 atom stereocenters. The smallest absolute Gasteiger partial charge is 0.313 e. The zero-order chi connectivity index (χ0) is 14.9. The zero-order valence-electron chi connectivity index (χ0n) is 12.6. The summed E-state index contributed by atoms with van der Waals surface area (Å²) in [7, 11) is 0. The fraction of sp³-hybridized carbons (Fsp3) is 0.786. The van der Waals surface area contributed by atoms with Crippen molar-refractivity contribution in [1.29, 1.82) is 0 Å². The Morgan fingerprint density at radius 1 is 1.45 bits per heavy atom. The van der Waals surface area contributed by atoms with E-state index in [0.29, 0.717) is 11.8 Å². The minimum Gasteiger partial charge on any atom is -0.481 e. The van der Waals surface area contributed by atoms with Crippen molar-refractivity contribution in [2.75, 3.05) is 5.75 Å². The van der Waals surface area contributed by atoms with E-state index in [1.807, 2.05) is 0 Å². The maximum absolute atomic E-state index is 10.7. The van der Waals surface area contributed by atoms with Gasteiger partial charge in [0.15, 0.2) is 5.16 Å². The van der Waals surface area contributed by atoms with Gasteiger partial charge in [-0.15, -0.1) is 10.2 Å². The van der Waals surface area contributed by atoms with Gasteiger partial charge in [0.25, 0.3) is 0 Å². The molecule has 0 aromatic carbocycles. The van der Waals surface area contributed by atoms with E-state index < -0.39 is 5.97 Å². The highest BCUT2D eigenvalue weighted by Crippen LogP contribution is 2.41. The van der Waals surface area contributed by atoms with Crippen molar-refractivity contribution in [3.8, 4) is 0 Å². The van der Waals surface area contributed by atoms with Crippen molar-refractivity contribution in [2.24, 2.45) is 11.3 Å². The third kappa shape index (κ3) is 3.75. The first kappa shape index (κ1) is 15.4. The molecule has 0 spiro atoms. The molecule has 0 saturated heterocycles. The van der Waals surface area contributed by atoms with Crippen LogP contribution >= 0.6 is 11.8 Å². The quantitative estimate of drug-likeness (QED) is 0.817. The van der Waals surface area contributed by atoms with Crippen molar-refractivity contribution < 1.29 is 9.90 Å². The van der Waals surface area contributed by atoms with Gasteiger partial charge in [-0.2, -0.15) is 0 Å². The molecule has 1 aromatic heterocycles. The number of nitrogens with zero attached hydrogens (tertiary/aromatic N) is 3. The molecular weight excluding hydrogens is 274 g/mol. The van der Waals surface area contributed by atoms with Gasteiger partial charge in [0.1, 0.15) is 5.82 Å². The molecule has 1 heterocycles. The van der Waals surface area contributed by atoms with Gasteiger partial charge >= 0.3 is 5.97 Å². The van der Waals surface area contributed by atoms with Crippen LogP contribution in [0.3, 0.4) is 0 Å². The van der Waals surface area contributed by atoms with E-state index in [0.717, 1.165) is 17.5 Å². The van der Waals surface area contributed by atoms with Crippen LogP contribution < -0.4 is 0 Å². The summed E-state index contributed by atoms with van der Waals surface area (Å²) in [5, 5.41) is 18.1. The molecule has 0 radical (unpaired) electrons. The highest BCUT2D eigenvalue weighted by Gasteiger charge is 2.32. The highest BCUT2D eigenvalue weighted by atomic mass is 32.2. The number of rotatable bonds is 6. The maximum Gasteiger partial charge on any atom is 0.313 e. The minimum absolute atomic E-state index is 0.0344. The first-order chi connectivity index (χ1) is 9.29. The van der Waals surface area contributed by atoms with E-state index in [4.69, 9.17) is 5.11 Å². The normalized spacial score (nSPS) is 17.2. The number of carboxylic acids is 1. The lowest BCUT2D eigenvalue weighted by molar-refractivity contribution is -0.133. The maximum atomic E-state index is 10.7. The van der Waals surface area contributed by atoms with E-state index in [1.165, 1.54) is 24.6 Å². The molecule has 0 bridgehead atoms. The van der Waals surface area contributed by atoms with Gasteiger partial charge in [-0.25, -0.2) is 0 Å². The van der Waals surface area contributed by atoms with Gasteiger partial charge in [0, 0.05) is 12.5 Å². The van der Waals surface area contributed by atoms with Crippen LogP contribution in [0.25, 0.3) is 0 Å². The van der Waals surface area contributed by atoms with Crippen LogP contribution in [0.15, 0.2) is 5.16 Å². The molecule has 1 aliphatic carbocycles. The Labute approximate surface area is 124 Å². The molecule has 0 amide bonds. The summed E-state index contributed by atoms with van der Waals surface area (Å²) in [5.74, 6) is 1.25. The second-order valence-electron chi connectivity index (χ2n) is 6.68. The molecule has 20 heavy (non-hydrogen) atoms. The molecule has 1 saturated carbocycles. The highest BCUT2D eigenvalue weighted by molar-refractivity contribution is 7.99. The summed E-state index contributed by atoms with van der Waals surface area (Å²) in [6.07, 6.45) is 2.34. The Morgan fingerprint density at radius 2 is 2.10 bits per heavy atom. The van der Waals surface area contributed by atoms with Crippen LogP contribution in [0.5, 0.6) is 0 Å². The lowest BCUT2D eigenvalue weighted by Gasteiger charge is -2.28. The van der Waals surface area contributed by atoms with E-state index in [2.05, 4.69) is 42.5 Å². The standard InChI is InChI=1S/C14H23N3O2S/c1-9(14(2,3)4)7-17-12(10-5-6-10)15-16-13(17)20-8-11(18)19/h9-10H,5-8H2,1-4H3,(H,18,19). The second kappa shape index (κ2) is 5.76. The Morgan fingerprint density at radius 3 is 2.60 bits per heavy atom. The molecule has 5 nitrogen and oxygen atoms in total. The lowest BCUT2D eigenvalue weighted by atomic mass is 9.82. The zero-order valence-corrected chi connectivity index (χ0v) is 13.4. The summed E-state index contributed by atoms with van der Waals surface area (Å²) >= 11 is 1.26. The summed E-state index contributed by atoms with van der Waals surface area (Å²) in [6, 6.07) is 0. The first-order valence-electron chi connectivity index (χ1n) is 7.06. The topological polar surface area (TPSA) is 68.0 Å². The van der Waals surface area contributed by atoms with Crippen molar-refractivity contribution in [3.63, 3.8) is 0 Å². The van der Waals surface area contributed by atoms with Crippen LogP contribution in [0.1, 0.15) is 52.3 Å². The van der Waals surface area contributed by atoms with Crippen molar-refractivity contribution in [3.05, 3.63) is 5.82 Å². The summed E-state index contributed by atoms with van der Waals surface area (Å²) in [5.41, 5.74) is 0.208. The average molecular weight is 297 g/mol. The molecule has 1 N–H and O–H groups in total. The Kier molecular flexibility index (Phi) is 4.42. The molecule has 1 unspecified atom stereocenters. The van der Waals surface area contributed by atoms with Crippen LogP contribution in [-0.2, 0) is 11.3 Å². The second-order valence-corrected chi connectivity index (χ2v) is 7.62. The molecule has 1 aliphatic rings. The Balaban J connectivity index is 2.18. The number of carboxylic acid groups (broad SMARTS) is 1. The van der Waals surface area contributed by atoms with E-state index in [9.17, 15) is 4.79 Å². The average Bonchev–Trinajstić information content (AvgIpc) is 3.09. The van der Waals surface area contributed by atoms with Crippen LogP contribution in [-0.4, -0.2) is 31.6 Å².